The van der Waals surface area contributed by atoms with E-state index in [1.165, 1.54) is 0 Å². The number of hydrogen-bond acceptors (Lipinski definition) is 3. The van der Waals surface area contributed by atoms with E-state index in [-0.39, 0.29) is 12.4 Å². The minimum Gasteiger partial charge on any atom is -0.494 e. The lowest BCUT2D eigenvalue weighted by molar-refractivity contribution is -0.138. The molecule has 3 N–H and O–H groups in total. The molecule has 1 unspecified atom stereocenters. The molecule has 5 heteroatoms. The fourth-order valence-electron chi connectivity index (χ4n) is 1.27. The summed E-state index contributed by atoms with van der Waals surface area (Å²) in [6, 6.07) is 6.45. The van der Waals surface area contributed by atoms with Gasteiger partial charge in [-0.15, -0.1) is 12.4 Å². The molecule has 0 bridgehead atoms. The molecular weight excluding hydrogens is 230 g/mol. The second kappa shape index (κ2) is 7.09. The van der Waals surface area contributed by atoms with Gasteiger partial charge in [0.25, 0.3) is 0 Å². The number of carbonyl (C=O) groups is 1. The zero-order chi connectivity index (χ0) is 11.3. The number of aliphatic carboxylic acids is 1. The summed E-state index contributed by atoms with van der Waals surface area (Å²) in [7, 11) is 0. The van der Waals surface area contributed by atoms with E-state index in [2.05, 4.69) is 0 Å². The maximum absolute atomic E-state index is 10.6. The molecule has 0 aliphatic heterocycles. The van der Waals surface area contributed by atoms with Crippen LogP contribution in [0.5, 0.6) is 5.75 Å². The fraction of sp³-hybridized carbons (Fsp3) is 0.364. The maximum Gasteiger partial charge on any atom is 0.320 e. The highest BCUT2D eigenvalue weighted by molar-refractivity contribution is 5.85. The van der Waals surface area contributed by atoms with Crippen molar-refractivity contribution in [2.45, 2.75) is 19.4 Å². The van der Waals surface area contributed by atoms with E-state index in [0.717, 1.165) is 11.3 Å². The SMILES string of the molecule is CCOc1cccc(CC(N)C(=O)O)c1.Cl. The monoisotopic (exact) mass is 245 g/mol. The molecule has 0 heterocycles. The van der Waals surface area contributed by atoms with Gasteiger partial charge in [-0.3, -0.25) is 4.79 Å². The highest BCUT2D eigenvalue weighted by Gasteiger charge is 2.12. The number of nitrogens with two attached hydrogens (primary N) is 1. The van der Waals surface area contributed by atoms with Crippen molar-refractivity contribution in [3.8, 4) is 5.75 Å². The van der Waals surface area contributed by atoms with E-state index in [4.69, 9.17) is 15.6 Å². The molecule has 0 fully saturated rings. The number of hydrogen-bond donors (Lipinski definition) is 2. The maximum atomic E-state index is 10.6. The molecule has 4 nitrogen and oxygen atoms in total. The Hall–Kier alpha value is -1.26. The van der Waals surface area contributed by atoms with E-state index < -0.39 is 12.0 Å². The van der Waals surface area contributed by atoms with Crippen molar-refractivity contribution in [3.05, 3.63) is 29.8 Å². The molecule has 0 radical (unpaired) electrons. The third-order valence-electron chi connectivity index (χ3n) is 1.98. The van der Waals surface area contributed by atoms with Gasteiger partial charge in [0.05, 0.1) is 6.61 Å². The van der Waals surface area contributed by atoms with Gasteiger partial charge in [0, 0.05) is 0 Å². The van der Waals surface area contributed by atoms with Crippen molar-refractivity contribution < 1.29 is 14.6 Å². The number of rotatable bonds is 5. The number of carboxylic acid groups (broad SMARTS) is 1. The summed E-state index contributed by atoms with van der Waals surface area (Å²) in [5.41, 5.74) is 6.30. The average Bonchev–Trinajstić information content (AvgIpc) is 2.18. The van der Waals surface area contributed by atoms with Gasteiger partial charge in [0.15, 0.2) is 0 Å². The van der Waals surface area contributed by atoms with Gasteiger partial charge in [-0.1, -0.05) is 12.1 Å². The van der Waals surface area contributed by atoms with Crippen LogP contribution in [0.3, 0.4) is 0 Å². The van der Waals surface area contributed by atoms with Crippen LogP contribution in [0.1, 0.15) is 12.5 Å². The van der Waals surface area contributed by atoms with Gasteiger partial charge < -0.3 is 15.6 Å². The van der Waals surface area contributed by atoms with Crippen LogP contribution in [0, 0.1) is 0 Å². The molecule has 1 atom stereocenters. The van der Waals surface area contributed by atoms with E-state index >= 15 is 0 Å². The third kappa shape index (κ3) is 4.51. The van der Waals surface area contributed by atoms with Crippen molar-refractivity contribution in [1.82, 2.24) is 0 Å². The molecule has 0 saturated heterocycles. The van der Waals surface area contributed by atoms with E-state index in [9.17, 15) is 4.79 Å². The Morgan fingerprint density at radius 2 is 2.25 bits per heavy atom. The minimum atomic E-state index is -0.989. The number of halogens is 1. The summed E-state index contributed by atoms with van der Waals surface area (Å²) in [6.07, 6.45) is 0.316. The van der Waals surface area contributed by atoms with Crippen molar-refractivity contribution in [1.29, 1.82) is 0 Å². The Labute approximate surface area is 101 Å². The normalized spacial score (nSPS) is 11.4. The van der Waals surface area contributed by atoms with Gasteiger partial charge in [0.2, 0.25) is 0 Å². The van der Waals surface area contributed by atoms with E-state index in [1.807, 2.05) is 31.2 Å². The van der Waals surface area contributed by atoms with Gasteiger partial charge in [-0.2, -0.15) is 0 Å². The van der Waals surface area contributed by atoms with Crippen LogP contribution in [-0.4, -0.2) is 23.7 Å². The second-order valence-corrected chi connectivity index (χ2v) is 3.23. The quantitative estimate of drug-likeness (QED) is 0.824. The lowest BCUT2D eigenvalue weighted by atomic mass is 10.1. The van der Waals surface area contributed by atoms with Crippen LogP contribution < -0.4 is 10.5 Å². The van der Waals surface area contributed by atoms with E-state index in [0.29, 0.717) is 13.0 Å². The Bertz CT molecular complexity index is 344. The lowest BCUT2D eigenvalue weighted by Crippen LogP contribution is -2.32. The van der Waals surface area contributed by atoms with Crippen LogP contribution in [0.4, 0.5) is 0 Å². The summed E-state index contributed by atoms with van der Waals surface area (Å²) >= 11 is 0. The molecule has 0 aliphatic rings. The Morgan fingerprint density at radius 3 is 2.81 bits per heavy atom. The molecule has 0 aromatic heterocycles. The van der Waals surface area contributed by atoms with Crippen LogP contribution in [0.2, 0.25) is 0 Å². The Balaban J connectivity index is 0.00000225. The topological polar surface area (TPSA) is 72.5 Å². The largest absolute Gasteiger partial charge is 0.494 e. The third-order valence-corrected chi connectivity index (χ3v) is 1.98. The molecule has 0 amide bonds. The molecule has 90 valence electrons. The fourth-order valence-corrected chi connectivity index (χ4v) is 1.27. The standard InChI is InChI=1S/C11H15NO3.ClH/c1-2-15-9-5-3-4-8(6-9)7-10(12)11(13)14;/h3-6,10H,2,7,12H2,1H3,(H,13,14);1H. The summed E-state index contributed by atoms with van der Waals surface area (Å²) in [5, 5.41) is 8.66. The average molecular weight is 246 g/mol. The van der Waals surface area contributed by atoms with Gasteiger partial charge >= 0.3 is 5.97 Å². The summed E-state index contributed by atoms with van der Waals surface area (Å²) < 4.78 is 5.30. The highest BCUT2D eigenvalue weighted by atomic mass is 35.5. The molecule has 1 aromatic rings. The van der Waals surface area contributed by atoms with Crippen molar-refractivity contribution in [2.75, 3.05) is 6.61 Å². The van der Waals surface area contributed by atoms with Crippen molar-refractivity contribution >= 4 is 18.4 Å². The first-order valence-corrected chi connectivity index (χ1v) is 4.83. The van der Waals surface area contributed by atoms with Crippen LogP contribution >= 0.6 is 12.4 Å². The van der Waals surface area contributed by atoms with Crippen LogP contribution in [0.15, 0.2) is 24.3 Å². The molecular formula is C11H16ClNO3. The summed E-state index contributed by atoms with van der Waals surface area (Å²) in [6.45, 7) is 2.49. The minimum absolute atomic E-state index is 0. The zero-order valence-electron chi connectivity index (χ0n) is 9.05. The number of ether oxygens (including phenoxy) is 1. The number of benzene rings is 1. The smallest absolute Gasteiger partial charge is 0.320 e. The molecule has 0 aliphatic carbocycles. The lowest BCUT2D eigenvalue weighted by Gasteiger charge is -2.08. The Morgan fingerprint density at radius 1 is 1.56 bits per heavy atom. The molecule has 16 heavy (non-hydrogen) atoms. The van der Waals surface area contributed by atoms with Crippen molar-refractivity contribution in [2.24, 2.45) is 5.73 Å². The first-order chi connectivity index (χ1) is 7.13. The molecule has 0 spiro atoms. The van der Waals surface area contributed by atoms with Crippen LogP contribution in [-0.2, 0) is 11.2 Å². The Kier molecular flexibility index (Phi) is 6.53. The predicted octanol–water partition coefficient (Wildman–Crippen LogP) is 1.46. The van der Waals surface area contributed by atoms with Crippen LogP contribution in [0.25, 0.3) is 0 Å². The zero-order valence-corrected chi connectivity index (χ0v) is 9.87. The van der Waals surface area contributed by atoms with Gasteiger partial charge in [-0.25, -0.2) is 0 Å². The summed E-state index contributed by atoms with van der Waals surface area (Å²) in [5.74, 6) is -0.246. The molecule has 1 rings (SSSR count). The van der Waals surface area contributed by atoms with E-state index in [1.54, 1.807) is 0 Å². The summed E-state index contributed by atoms with van der Waals surface area (Å²) in [4.78, 5) is 10.6. The first-order valence-electron chi connectivity index (χ1n) is 4.83. The van der Waals surface area contributed by atoms with Gasteiger partial charge in [-0.05, 0) is 31.0 Å². The molecule has 1 aromatic carbocycles. The van der Waals surface area contributed by atoms with Gasteiger partial charge in [0.1, 0.15) is 11.8 Å². The first kappa shape index (κ1) is 14.7. The number of carboxylic acids is 1. The predicted molar refractivity (Wildman–Crippen MR) is 64.2 cm³/mol. The second-order valence-electron chi connectivity index (χ2n) is 3.23. The molecule has 0 saturated carbocycles. The highest BCUT2D eigenvalue weighted by Crippen LogP contribution is 2.14. The van der Waals surface area contributed by atoms with Crippen molar-refractivity contribution in [3.63, 3.8) is 0 Å².